The molecule has 17 heteroatoms. The maximum absolute atomic E-state index is 13.8. The molecule has 2 aliphatic heterocycles. The van der Waals surface area contributed by atoms with Crippen molar-refractivity contribution in [3.63, 3.8) is 0 Å². The second-order valence-corrected chi connectivity index (χ2v) is 16.4. The summed E-state index contributed by atoms with van der Waals surface area (Å²) < 4.78 is 100. The van der Waals surface area contributed by atoms with Gasteiger partial charge in [0, 0.05) is 44.1 Å². The Labute approximate surface area is 354 Å². The molecule has 0 saturated carbocycles. The van der Waals surface area contributed by atoms with Gasteiger partial charge in [-0.3, -0.25) is 14.4 Å². The van der Waals surface area contributed by atoms with Gasteiger partial charge in [0.1, 0.15) is 12.2 Å². The van der Waals surface area contributed by atoms with E-state index in [0.717, 1.165) is 5.56 Å². The number of piperidine rings is 1. The minimum absolute atomic E-state index is 0.00576. The number of nitrogens with zero attached hydrogens (tertiary/aromatic N) is 3. The molecule has 2 heterocycles. The summed E-state index contributed by atoms with van der Waals surface area (Å²) in [5.74, 6) is -1.49. The number of hydrogen-bond acceptors (Lipinski definition) is 7. The zero-order chi connectivity index (χ0) is 43.5. The zero-order valence-electron chi connectivity index (χ0n) is 33.3. The maximum Gasteiger partial charge on any atom is 0.416 e. The molecule has 0 unspecified atom stereocenters. The Morgan fingerprint density at radius 1 is 0.917 bits per heavy atom. The van der Waals surface area contributed by atoms with E-state index >= 15 is 0 Å². The number of benzene rings is 3. The molecule has 326 valence electrons. The molecule has 60 heavy (non-hydrogen) atoms. The second-order valence-electron chi connectivity index (χ2n) is 15.6. The van der Waals surface area contributed by atoms with Crippen LogP contribution in [0.5, 0.6) is 0 Å². The number of hydrogen-bond donors (Lipinski definition) is 0. The van der Waals surface area contributed by atoms with Gasteiger partial charge < -0.3 is 28.9 Å². The van der Waals surface area contributed by atoms with Crippen molar-refractivity contribution in [1.82, 2.24) is 14.7 Å². The fourth-order valence-electron chi connectivity index (χ4n) is 8.65. The average Bonchev–Trinajstić information content (AvgIpc) is 3.51. The van der Waals surface area contributed by atoms with Crippen molar-refractivity contribution >= 4 is 41.0 Å². The molecule has 0 N–H and O–H groups in total. The van der Waals surface area contributed by atoms with Gasteiger partial charge in [0.05, 0.1) is 47.0 Å². The van der Waals surface area contributed by atoms with Gasteiger partial charge in [-0.15, -0.1) is 0 Å². The Hall–Kier alpha value is -3.89. The van der Waals surface area contributed by atoms with Gasteiger partial charge in [0.15, 0.2) is 0 Å². The van der Waals surface area contributed by atoms with E-state index in [-0.39, 0.29) is 72.2 Å². The standard InChI is InChI=1S/C43H47Cl2F6N3O6/c1-3-58-38(56)9-6-15-52(2)37(55)26-59-36-23-28-7-4-5-8-33(28)40(36)12-16-53(17-13-40)18-14-41(30-10-11-34(44)35(45)25-30)27-54(19-20-60-41)39(57)29-21-31(42(46,47)48)24-32(22-29)43(49,50)51/h4-5,7-8,10-11,21-22,24-25,36H,3,6,9,12-20,23,26-27H2,1-2H3/t36-,41-/m0/s1. The Kier molecular flexibility index (Phi) is 14.2. The van der Waals surface area contributed by atoms with Crippen LogP contribution >= 0.6 is 23.2 Å². The molecule has 0 radical (unpaired) electrons. The Morgan fingerprint density at radius 2 is 1.60 bits per heavy atom. The Balaban J connectivity index is 1.17. The summed E-state index contributed by atoms with van der Waals surface area (Å²) >= 11 is 12.7. The molecule has 3 aromatic rings. The number of carbonyl (C=O) groups is 3. The first-order valence-electron chi connectivity index (χ1n) is 19.9. The molecule has 2 atom stereocenters. The fourth-order valence-corrected chi connectivity index (χ4v) is 8.94. The summed E-state index contributed by atoms with van der Waals surface area (Å²) in [6.07, 6.45) is -7.45. The SMILES string of the molecule is CCOC(=O)CCCN(C)C(=O)CO[C@H]1Cc2ccccc2C12CCN(CC[C@@]1(c3ccc(Cl)c(Cl)c3)CN(C(=O)c3cc(C(F)(F)F)cc(C(F)(F)F)c3)CCO1)CC2. The molecular weight excluding hydrogens is 839 g/mol. The molecule has 3 aliphatic rings. The summed E-state index contributed by atoms with van der Waals surface area (Å²) in [6, 6.07) is 13.9. The third-order valence-electron chi connectivity index (χ3n) is 11.9. The predicted molar refractivity (Wildman–Crippen MR) is 212 cm³/mol. The molecule has 2 amide bonds. The van der Waals surface area contributed by atoms with Crippen molar-refractivity contribution in [3.8, 4) is 0 Å². The Morgan fingerprint density at radius 3 is 2.25 bits per heavy atom. The van der Waals surface area contributed by atoms with Crippen LogP contribution in [0.4, 0.5) is 26.3 Å². The number of rotatable bonds is 13. The summed E-state index contributed by atoms with van der Waals surface area (Å²) in [6.45, 7) is 3.76. The molecule has 0 bridgehead atoms. The van der Waals surface area contributed by atoms with Gasteiger partial charge in [-0.05, 0) is 99.1 Å². The topological polar surface area (TPSA) is 88.6 Å². The number of fused-ring (bicyclic) bond motifs is 2. The molecule has 9 nitrogen and oxygen atoms in total. The predicted octanol–water partition coefficient (Wildman–Crippen LogP) is 8.57. The van der Waals surface area contributed by atoms with Gasteiger partial charge in [-0.2, -0.15) is 26.3 Å². The number of ether oxygens (including phenoxy) is 3. The second kappa shape index (κ2) is 18.6. The van der Waals surface area contributed by atoms with Gasteiger partial charge >= 0.3 is 18.3 Å². The van der Waals surface area contributed by atoms with Crippen LogP contribution in [0.15, 0.2) is 60.7 Å². The van der Waals surface area contributed by atoms with Crippen LogP contribution in [0, 0.1) is 0 Å². The number of likely N-dealkylation sites (tertiary alicyclic amines) is 1. The number of alkyl halides is 6. The van der Waals surface area contributed by atoms with Crippen molar-refractivity contribution in [3.05, 3.63) is 104 Å². The van der Waals surface area contributed by atoms with Crippen LogP contribution in [0.1, 0.15) is 77.2 Å². The van der Waals surface area contributed by atoms with Crippen molar-refractivity contribution in [2.45, 2.75) is 74.9 Å². The fraction of sp³-hybridized carbons (Fsp3) is 0.512. The summed E-state index contributed by atoms with van der Waals surface area (Å²) in [4.78, 5) is 43.7. The molecule has 3 aromatic carbocycles. The first-order valence-corrected chi connectivity index (χ1v) is 20.6. The lowest BCUT2D eigenvalue weighted by molar-refractivity contribution is -0.144. The first-order chi connectivity index (χ1) is 28.3. The van der Waals surface area contributed by atoms with Crippen LogP contribution in [-0.2, 0) is 53.6 Å². The number of carbonyl (C=O) groups excluding carboxylic acids is 3. The number of morpholine rings is 1. The normalized spacial score (nSPS) is 20.6. The van der Waals surface area contributed by atoms with E-state index in [0.29, 0.717) is 82.6 Å². The first kappa shape index (κ1) is 45.6. The van der Waals surface area contributed by atoms with Crippen molar-refractivity contribution in [1.29, 1.82) is 0 Å². The lowest BCUT2D eigenvalue weighted by atomic mass is 9.72. The molecular formula is C43H47Cl2F6N3O6. The number of amides is 2. The van der Waals surface area contributed by atoms with Crippen molar-refractivity contribution in [2.24, 2.45) is 0 Å². The van der Waals surface area contributed by atoms with E-state index < -0.39 is 40.6 Å². The van der Waals surface area contributed by atoms with Gasteiger partial charge in [-0.25, -0.2) is 0 Å². The summed E-state index contributed by atoms with van der Waals surface area (Å²) in [5, 5.41) is 0.473. The minimum atomic E-state index is -5.12. The number of halogens is 8. The average molecular weight is 887 g/mol. The Bertz CT molecular complexity index is 2010. The maximum atomic E-state index is 13.8. The molecule has 6 rings (SSSR count). The number of esters is 1. The van der Waals surface area contributed by atoms with E-state index in [1.54, 1.807) is 37.1 Å². The van der Waals surface area contributed by atoms with E-state index in [1.165, 1.54) is 10.5 Å². The number of likely N-dealkylation sites (N-methyl/N-ethyl adjacent to an activating group) is 1. The van der Waals surface area contributed by atoms with Crippen LogP contribution < -0.4 is 0 Å². The largest absolute Gasteiger partial charge is 0.466 e. The highest BCUT2D eigenvalue weighted by Crippen LogP contribution is 2.48. The highest BCUT2D eigenvalue weighted by Gasteiger charge is 2.50. The quantitative estimate of drug-likeness (QED) is 0.126. The van der Waals surface area contributed by atoms with Crippen LogP contribution in [-0.4, -0.2) is 105 Å². The monoisotopic (exact) mass is 885 g/mol. The third-order valence-corrected chi connectivity index (χ3v) is 12.7. The van der Waals surface area contributed by atoms with E-state index in [2.05, 4.69) is 17.0 Å². The molecule has 0 aromatic heterocycles. The van der Waals surface area contributed by atoms with Crippen LogP contribution in [0.25, 0.3) is 0 Å². The van der Waals surface area contributed by atoms with Crippen molar-refractivity contribution in [2.75, 3.05) is 66.1 Å². The van der Waals surface area contributed by atoms with E-state index in [9.17, 15) is 40.7 Å². The summed E-state index contributed by atoms with van der Waals surface area (Å²) in [7, 11) is 1.68. The van der Waals surface area contributed by atoms with E-state index in [1.807, 2.05) is 12.1 Å². The summed E-state index contributed by atoms with van der Waals surface area (Å²) in [5.41, 5.74) is -2.59. The van der Waals surface area contributed by atoms with Crippen LogP contribution in [0.2, 0.25) is 10.0 Å². The molecule has 1 spiro atoms. The van der Waals surface area contributed by atoms with Gasteiger partial charge in [0.2, 0.25) is 5.91 Å². The van der Waals surface area contributed by atoms with E-state index in [4.69, 9.17) is 37.4 Å². The van der Waals surface area contributed by atoms with Gasteiger partial charge in [0.25, 0.3) is 5.91 Å². The molecule has 1 aliphatic carbocycles. The smallest absolute Gasteiger partial charge is 0.416 e. The lowest BCUT2D eigenvalue weighted by Crippen LogP contribution is -2.54. The van der Waals surface area contributed by atoms with Crippen molar-refractivity contribution < 1.29 is 54.9 Å². The lowest BCUT2D eigenvalue weighted by Gasteiger charge is -2.46. The van der Waals surface area contributed by atoms with Gasteiger partial charge in [-0.1, -0.05) is 53.5 Å². The third kappa shape index (κ3) is 10.2. The molecule has 2 saturated heterocycles. The highest BCUT2D eigenvalue weighted by molar-refractivity contribution is 6.42. The molecule has 2 fully saturated rings. The van der Waals surface area contributed by atoms with Crippen LogP contribution in [0.3, 0.4) is 0 Å². The zero-order valence-corrected chi connectivity index (χ0v) is 34.8. The minimum Gasteiger partial charge on any atom is -0.466 e. The highest BCUT2D eigenvalue weighted by atomic mass is 35.5.